The zero-order valence-electron chi connectivity index (χ0n) is 12.1. The van der Waals surface area contributed by atoms with Crippen LogP contribution >= 0.6 is 0 Å². The quantitative estimate of drug-likeness (QED) is 0.535. The van der Waals surface area contributed by atoms with Gasteiger partial charge in [0.2, 0.25) is 10.0 Å². The minimum absolute atomic E-state index is 0.149. The van der Waals surface area contributed by atoms with Crippen LogP contribution < -0.4 is 4.72 Å². The topological polar surface area (TPSA) is 125 Å². The van der Waals surface area contributed by atoms with E-state index in [1.807, 2.05) is 0 Å². The Labute approximate surface area is 123 Å². The first-order valence-corrected chi connectivity index (χ1v) is 7.61. The molecular weight excluding hydrogens is 300 g/mol. The second-order valence-electron chi connectivity index (χ2n) is 5.33. The van der Waals surface area contributed by atoms with Crippen molar-refractivity contribution >= 4 is 16.0 Å². The fourth-order valence-corrected chi connectivity index (χ4v) is 2.89. The van der Waals surface area contributed by atoms with Crippen molar-refractivity contribution in [1.82, 2.24) is 19.4 Å². The van der Waals surface area contributed by atoms with Crippen molar-refractivity contribution in [3.05, 3.63) is 12.4 Å². The molecule has 9 nitrogen and oxygen atoms in total. The molecule has 3 N–H and O–H groups in total. The highest BCUT2D eigenvalue weighted by Gasteiger charge is 2.25. The molecular formula is C11H20N4O5S. The second-order valence-corrected chi connectivity index (χ2v) is 7.09. The van der Waals surface area contributed by atoms with Gasteiger partial charge in [-0.2, -0.15) is 5.10 Å². The molecule has 0 radical (unpaired) electrons. The number of likely N-dealkylation sites (N-methyl/N-ethyl adjacent to an activating group) is 1. The lowest BCUT2D eigenvalue weighted by molar-refractivity contribution is -0.137. The van der Waals surface area contributed by atoms with Crippen molar-refractivity contribution in [2.24, 2.45) is 0 Å². The number of hydrogen-bond acceptors (Lipinski definition) is 6. The Morgan fingerprint density at radius 2 is 2.14 bits per heavy atom. The van der Waals surface area contributed by atoms with Gasteiger partial charge in [-0.25, -0.2) is 13.1 Å². The van der Waals surface area contributed by atoms with Crippen molar-refractivity contribution < 1.29 is 23.4 Å². The van der Waals surface area contributed by atoms with Gasteiger partial charge in [0.25, 0.3) is 0 Å². The Morgan fingerprint density at radius 3 is 2.67 bits per heavy atom. The van der Waals surface area contributed by atoms with Gasteiger partial charge in [-0.15, -0.1) is 0 Å². The minimum atomic E-state index is -3.85. The number of nitrogens with zero attached hydrogens (tertiary/aromatic N) is 3. The van der Waals surface area contributed by atoms with Gasteiger partial charge in [-0.05, 0) is 21.0 Å². The van der Waals surface area contributed by atoms with Gasteiger partial charge in [-0.3, -0.25) is 9.48 Å². The molecule has 0 saturated carbocycles. The van der Waals surface area contributed by atoms with Gasteiger partial charge in [0.1, 0.15) is 11.4 Å². The summed E-state index contributed by atoms with van der Waals surface area (Å²) in [6.07, 6.45) is 2.18. The van der Waals surface area contributed by atoms with Crippen LogP contribution in [0.1, 0.15) is 6.92 Å². The summed E-state index contributed by atoms with van der Waals surface area (Å²) >= 11 is 0. The third kappa shape index (κ3) is 5.79. The van der Waals surface area contributed by atoms with Crippen LogP contribution in [0, 0.1) is 0 Å². The third-order valence-electron chi connectivity index (χ3n) is 2.52. The van der Waals surface area contributed by atoms with E-state index < -0.39 is 28.1 Å². The van der Waals surface area contributed by atoms with E-state index in [9.17, 15) is 18.3 Å². The molecule has 1 rings (SSSR count). The van der Waals surface area contributed by atoms with Gasteiger partial charge < -0.3 is 15.1 Å². The van der Waals surface area contributed by atoms with Crippen LogP contribution in [0.4, 0.5) is 0 Å². The van der Waals surface area contributed by atoms with Gasteiger partial charge >= 0.3 is 5.97 Å². The molecule has 1 aromatic heterocycles. The minimum Gasteiger partial charge on any atom is -0.480 e. The number of aliphatic hydroxyl groups is 1. The first-order valence-electron chi connectivity index (χ1n) is 6.13. The summed E-state index contributed by atoms with van der Waals surface area (Å²) in [6, 6.07) is 0. The molecule has 1 atom stereocenters. The molecule has 0 aliphatic rings. The SMILES string of the molecule is CN(C)CC(C)(O)CNS(=O)(=O)c1cnn(CC(=O)O)c1. The Morgan fingerprint density at radius 1 is 1.52 bits per heavy atom. The Kier molecular flexibility index (Phi) is 5.45. The van der Waals surface area contributed by atoms with Crippen molar-refractivity contribution in [2.75, 3.05) is 27.2 Å². The predicted octanol–water partition coefficient (Wildman–Crippen LogP) is -1.44. The summed E-state index contributed by atoms with van der Waals surface area (Å²) in [5, 5.41) is 22.3. The normalized spacial score (nSPS) is 15.1. The van der Waals surface area contributed by atoms with Gasteiger partial charge in [0, 0.05) is 19.3 Å². The van der Waals surface area contributed by atoms with Crippen LogP contribution in [0.5, 0.6) is 0 Å². The fraction of sp³-hybridized carbons (Fsp3) is 0.636. The van der Waals surface area contributed by atoms with Crippen LogP contribution in [0.2, 0.25) is 0 Å². The molecule has 0 aliphatic carbocycles. The molecule has 1 aromatic rings. The van der Waals surface area contributed by atoms with Crippen molar-refractivity contribution in [2.45, 2.75) is 24.0 Å². The first-order chi connectivity index (χ1) is 9.52. The van der Waals surface area contributed by atoms with E-state index in [1.165, 1.54) is 6.92 Å². The van der Waals surface area contributed by atoms with Crippen LogP contribution in [-0.2, 0) is 21.4 Å². The van der Waals surface area contributed by atoms with E-state index >= 15 is 0 Å². The van der Waals surface area contributed by atoms with Crippen LogP contribution in [0.15, 0.2) is 17.3 Å². The van der Waals surface area contributed by atoms with Gasteiger partial charge in [0.15, 0.2) is 0 Å². The van der Waals surface area contributed by atoms with Crippen LogP contribution in [0.25, 0.3) is 0 Å². The molecule has 0 bridgehead atoms. The number of rotatable bonds is 8. The van der Waals surface area contributed by atoms with Crippen molar-refractivity contribution in [1.29, 1.82) is 0 Å². The lowest BCUT2D eigenvalue weighted by atomic mass is 10.1. The second kappa shape index (κ2) is 6.52. The number of carboxylic acids is 1. The maximum absolute atomic E-state index is 12.0. The molecule has 10 heteroatoms. The van der Waals surface area contributed by atoms with Gasteiger partial charge in [-0.1, -0.05) is 0 Å². The number of carbonyl (C=O) groups is 1. The van der Waals surface area contributed by atoms with Crippen molar-refractivity contribution in [3.8, 4) is 0 Å². The number of nitrogens with one attached hydrogen (secondary N) is 1. The molecule has 1 unspecified atom stereocenters. The zero-order chi connectivity index (χ0) is 16.3. The zero-order valence-corrected chi connectivity index (χ0v) is 13.0. The average molecular weight is 320 g/mol. The highest BCUT2D eigenvalue weighted by atomic mass is 32.2. The maximum Gasteiger partial charge on any atom is 0.325 e. The number of aromatic nitrogens is 2. The van der Waals surface area contributed by atoms with Crippen molar-refractivity contribution in [3.63, 3.8) is 0 Å². The standard InChI is InChI=1S/C11H20N4O5S/c1-11(18,8-14(2)3)7-13-21(19,20)9-4-12-15(5-9)6-10(16)17/h4-5,13,18H,6-8H2,1-3H3,(H,16,17). The summed E-state index contributed by atoms with van der Waals surface area (Å²) in [6.45, 7) is 1.21. The number of sulfonamides is 1. The molecule has 0 aliphatic heterocycles. The van der Waals surface area contributed by atoms with Gasteiger partial charge in [0.05, 0.1) is 11.8 Å². The number of aliphatic carboxylic acids is 1. The molecule has 21 heavy (non-hydrogen) atoms. The highest BCUT2D eigenvalue weighted by Crippen LogP contribution is 2.09. The molecule has 1 heterocycles. The molecule has 120 valence electrons. The van der Waals surface area contributed by atoms with E-state index in [2.05, 4.69) is 9.82 Å². The molecule has 0 saturated heterocycles. The van der Waals surface area contributed by atoms with Crippen LogP contribution in [-0.4, -0.2) is 72.1 Å². The summed E-state index contributed by atoms with van der Waals surface area (Å²) in [5.41, 5.74) is -1.23. The van der Waals surface area contributed by atoms with E-state index in [0.717, 1.165) is 17.1 Å². The largest absolute Gasteiger partial charge is 0.480 e. The van der Waals surface area contributed by atoms with E-state index in [-0.39, 0.29) is 18.0 Å². The number of hydrogen-bond donors (Lipinski definition) is 3. The predicted molar refractivity (Wildman–Crippen MR) is 74.2 cm³/mol. The van der Waals surface area contributed by atoms with E-state index in [4.69, 9.17) is 5.11 Å². The lowest BCUT2D eigenvalue weighted by Crippen LogP contribution is -2.47. The summed E-state index contributed by atoms with van der Waals surface area (Å²) < 4.78 is 27.3. The molecule has 0 spiro atoms. The van der Waals surface area contributed by atoms with E-state index in [0.29, 0.717) is 0 Å². The molecule has 0 fully saturated rings. The Balaban J connectivity index is 2.73. The smallest absolute Gasteiger partial charge is 0.325 e. The first kappa shape index (κ1) is 17.6. The van der Waals surface area contributed by atoms with E-state index in [1.54, 1.807) is 19.0 Å². The molecule has 0 aromatic carbocycles. The fourth-order valence-electron chi connectivity index (χ4n) is 1.78. The third-order valence-corrected chi connectivity index (χ3v) is 3.87. The Hall–Kier alpha value is -1.49. The highest BCUT2D eigenvalue weighted by molar-refractivity contribution is 7.89. The average Bonchev–Trinajstić information content (AvgIpc) is 2.73. The monoisotopic (exact) mass is 320 g/mol. The van der Waals surface area contributed by atoms with Crippen LogP contribution in [0.3, 0.4) is 0 Å². The summed E-state index contributed by atoms with van der Waals surface area (Å²) in [7, 11) is -0.323. The number of carboxylic acid groups (broad SMARTS) is 1. The molecule has 0 amide bonds. The Bertz CT molecular complexity index is 594. The summed E-state index contributed by atoms with van der Waals surface area (Å²) in [5.74, 6) is -1.12. The maximum atomic E-state index is 12.0. The summed E-state index contributed by atoms with van der Waals surface area (Å²) in [4.78, 5) is 12.1. The lowest BCUT2D eigenvalue weighted by Gasteiger charge is -2.26.